The van der Waals surface area contributed by atoms with Gasteiger partial charge in [0.1, 0.15) is 81.4 Å². The Kier molecular flexibility index (Phi) is 44.6. The number of aliphatic hydroxyl groups is 1. The topological polar surface area (TPSA) is 668 Å². The number of nitrogens with two attached hydrogens (primary N) is 2. The molecule has 0 bridgehead atoms. The lowest BCUT2D eigenvalue weighted by atomic mass is 10.1. The Labute approximate surface area is 713 Å². The van der Waals surface area contributed by atoms with E-state index in [0.29, 0.717) is 61.0 Å². The van der Waals surface area contributed by atoms with Gasteiger partial charge >= 0.3 is 59.9 Å². The van der Waals surface area contributed by atoms with Crippen molar-refractivity contribution >= 4 is 134 Å². The number of aliphatic imine (C=N–C) groups is 3. The third-order valence-corrected chi connectivity index (χ3v) is 15.6. The van der Waals surface area contributed by atoms with Crippen LogP contribution in [0.1, 0.15) is 74.3 Å². The Morgan fingerprint density at radius 1 is 0.524 bits per heavy atom. The summed E-state index contributed by atoms with van der Waals surface area (Å²) >= 11 is 0. The molecule has 23 N–H and O–H groups in total. The maximum Gasteiger partial charge on any atom is 0.490 e. The zero-order chi connectivity index (χ0) is 93.6. The van der Waals surface area contributed by atoms with Crippen LogP contribution >= 0.6 is 0 Å². The average molecular weight is 1780 g/mol. The standard InChI is InChI=1S/C17H20FN5O5.C13H15FN4O4.C12H12BNO5.C12H14BNO4.C11H12FN3O3.2C4H7NO2.C2HF3O2/c18-10-5-20-17(21-6-10)23-11-1-9(2-13(24)3-11)16(27)19-7-14(25)22-12-4-15(26)28-8-12;14-8-4-16-13(17-5-8)18-9-1-7(2-10(19)3-9)12(22)15-6-11(20)21;13-12(18)14-9(11(16)17)6-10(15)19-7-8-4-2-1-3-5-8;13-12(17)14-10(7-15)6-11(16)18-8-9-4-2-1-3-5-9;12-7-4-13-11(14-5-7)15-8-1-6(10(17)18)2-9(16)3-8;2*5-3-1-4(6)7-2-3;3-2(4,5)1(6)7/h1-3,10,12,24H,4-8H2,(H,19,27)(H,22,25)(H2,20,21,23);1-3,8,19H,4-6H2,(H,15,22)(H,20,21)(H2,16,17,18);1-5,9H,6-7H2,(H,14,18)(H,16,17);1-5,10,15H,6-8H2,(H,14,17);1-3,7,16H,4-5H2,(H,17,18)(H2,13,14,15);2*3H,1-2,5H2;(H,6,7)/t12-;;9-;10-;;2*3-;/m0.00.00./s1. The summed E-state index contributed by atoms with van der Waals surface area (Å²) in [4.78, 5) is 164. The molecular formula is C75H88B2F6N16O27. The number of hydrogen-bond acceptors (Lipinski definition) is 34. The number of halogens is 6. The monoisotopic (exact) mass is 1780 g/mol. The minimum Gasteiger partial charge on any atom is -0.508 e. The molecule has 3 unspecified atom stereocenters. The van der Waals surface area contributed by atoms with Gasteiger partial charge in [0.2, 0.25) is 21.6 Å². The Morgan fingerprint density at radius 3 is 1.21 bits per heavy atom. The number of amides is 5. The number of carbonyl (C=O) groups excluding carboxylic acids is 10. The van der Waals surface area contributed by atoms with E-state index in [9.17, 15) is 104 Å². The van der Waals surface area contributed by atoms with Crippen molar-refractivity contribution in [3.8, 4) is 17.2 Å². The van der Waals surface area contributed by atoms with Crippen LogP contribution in [-0.4, -0.2) is 291 Å². The molecule has 6 aliphatic heterocycles. The fourth-order valence-electron chi connectivity index (χ4n) is 9.82. The van der Waals surface area contributed by atoms with E-state index in [-0.39, 0.29) is 149 Å². The number of hydrogen-bond donors (Lipinski definition) is 21. The van der Waals surface area contributed by atoms with E-state index in [2.05, 4.69) is 77.6 Å². The number of phenolic OH excluding ortho intramolecular Hbond substituents is 3. The highest BCUT2D eigenvalue weighted by molar-refractivity contribution is 6.57. The minimum atomic E-state index is -5.08. The lowest BCUT2D eigenvalue weighted by Crippen LogP contribution is -2.42. The van der Waals surface area contributed by atoms with E-state index >= 15 is 0 Å². The summed E-state index contributed by atoms with van der Waals surface area (Å²) < 4.78 is 94.2. The number of aliphatic hydroxyl groups excluding tert-OH is 1. The van der Waals surface area contributed by atoms with Gasteiger partial charge in [-0.15, -0.1) is 0 Å². The van der Waals surface area contributed by atoms with Crippen molar-refractivity contribution in [2.45, 2.75) is 100 Å². The first-order chi connectivity index (χ1) is 59.5. The van der Waals surface area contributed by atoms with Crippen LogP contribution in [0.15, 0.2) is 130 Å². The van der Waals surface area contributed by atoms with Gasteiger partial charge in [-0.1, -0.05) is 60.7 Å². The molecule has 0 saturated carbocycles. The lowest BCUT2D eigenvalue weighted by Gasteiger charge is -2.19. The number of carboxylic acids is 4. The number of anilines is 3. The second-order valence-corrected chi connectivity index (χ2v) is 26.5. The highest BCUT2D eigenvalue weighted by Gasteiger charge is 2.38. The summed E-state index contributed by atoms with van der Waals surface area (Å²) in [5.41, 5.74) is 13.5. The summed E-state index contributed by atoms with van der Waals surface area (Å²) in [6.07, 6.45) is -7.93. The summed E-state index contributed by atoms with van der Waals surface area (Å²) in [6, 6.07) is 27.5. The molecule has 678 valence electrons. The number of nitrogens with zero attached hydrogens (tertiary/aromatic N) is 3. The molecule has 6 heterocycles. The number of aliphatic carboxylic acids is 3. The van der Waals surface area contributed by atoms with Crippen LogP contribution in [0.2, 0.25) is 0 Å². The molecule has 3 saturated heterocycles. The molecule has 5 aromatic carbocycles. The van der Waals surface area contributed by atoms with Crippen LogP contribution in [0.4, 0.5) is 53.0 Å². The summed E-state index contributed by atoms with van der Waals surface area (Å²) in [5.74, 6) is -11.4. The van der Waals surface area contributed by atoms with Gasteiger partial charge in [-0.3, -0.25) is 52.7 Å². The Hall–Kier alpha value is -14.5. The molecule has 0 spiro atoms. The second kappa shape index (κ2) is 54.1. The summed E-state index contributed by atoms with van der Waals surface area (Å²) in [7, 11) is 9.70. The molecular weight excluding hydrogens is 1690 g/mol. The van der Waals surface area contributed by atoms with Crippen molar-refractivity contribution in [1.29, 1.82) is 0 Å². The van der Waals surface area contributed by atoms with Gasteiger partial charge in [0.25, 0.3) is 11.8 Å². The van der Waals surface area contributed by atoms with Crippen LogP contribution in [0, 0.1) is 0 Å². The number of esters is 5. The molecule has 4 radical (unpaired) electrons. The number of cyclic esters (lactones) is 3. The van der Waals surface area contributed by atoms with E-state index in [0.717, 1.165) is 17.2 Å². The van der Waals surface area contributed by atoms with E-state index in [4.69, 9.17) is 71.7 Å². The van der Waals surface area contributed by atoms with Crippen LogP contribution in [0.5, 0.6) is 17.2 Å². The predicted octanol–water partition coefficient (Wildman–Crippen LogP) is -0.0571. The van der Waals surface area contributed by atoms with Gasteiger partial charge in [0.05, 0.1) is 102 Å². The molecule has 11 rings (SSSR count). The van der Waals surface area contributed by atoms with Gasteiger partial charge in [-0.05, 0) is 47.5 Å². The van der Waals surface area contributed by atoms with Crippen molar-refractivity contribution in [3.05, 3.63) is 143 Å². The molecule has 5 aromatic rings. The molecule has 51 heteroatoms. The maximum absolute atomic E-state index is 13.1. The normalized spacial score (nSPS) is 17.8. The third kappa shape index (κ3) is 44.3. The predicted molar refractivity (Wildman–Crippen MR) is 431 cm³/mol. The molecule has 0 aromatic heterocycles. The first-order valence-corrected chi connectivity index (χ1v) is 37.0. The van der Waals surface area contributed by atoms with Gasteiger partial charge in [0, 0.05) is 58.5 Å². The molecule has 0 aliphatic carbocycles. The maximum atomic E-state index is 13.1. The van der Waals surface area contributed by atoms with Crippen LogP contribution in [-0.2, 0) is 80.0 Å². The zero-order valence-corrected chi connectivity index (χ0v) is 66.3. The average Bonchev–Trinajstić information content (AvgIpc) is 0.940. The van der Waals surface area contributed by atoms with Gasteiger partial charge in [-0.25, -0.2) is 42.5 Å². The van der Waals surface area contributed by atoms with Crippen LogP contribution in [0.25, 0.3) is 0 Å². The van der Waals surface area contributed by atoms with Crippen molar-refractivity contribution < 1.29 is 158 Å². The first-order valence-electron chi connectivity index (χ1n) is 37.0. The van der Waals surface area contributed by atoms with Gasteiger partial charge in [0.15, 0.2) is 29.5 Å². The van der Waals surface area contributed by atoms with E-state index in [1.54, 1.807) is 24.3 Å². The molecule has 5 amide bonds. The summed E-state index contributed by atoms with van der Waals surface area (Å²) in [5, 5.41) is 99.1. The number of carbonyl (C=O) groups is 14. The number of ether oxygens (including phenoxy) is 5. The third-order valence-electron chi connectivity index (χ3n) is 15.6. The van der Waals surface area contributed by atoms with Crippen LogP contribution < -0.4 is 70.0 Å². The number of rotatable bonds is 23. The number of guanidine groups is 3. The number of alkyl halides is 6. The van der Waals surface area contributed by atoms with Crippen molar-refractivity contribution in [2.24, 2.45) is 26.4 Å². The number of carboxylic acid groups (broad SMARTS) is 4. The highest BCUT2D eigenvalue weighted by Crippen LogP contribution is 2.24. The summed E-state index contributed by atoms with van der Waals surface area (Å²) in [6.45, 7) is 0.419. The SMILES string of the molecule is N[C@@H]1COC(=O)C1.N[C@@H]1COC(=O)C1.O=C(CNC(=O)c1cc(O)cc(NC2=NCC(F)CN2)c1)N[C@@H]1COC(=O)C1.O=C(O)C(F)(F)F.O=C(O)CNC(=O)c1cc(O)cc(NC2=NCC(F)CN2)c1.O=C(O)c1cc(O)cc(NC2=NCC(F)CN2)c1.[B]C(=O)N[C@@H](CC(=O)OCc1ccccc1)C(=O)O.[B]C(=O)N[C@H](CO)CC(=O)OCc1ccccc1. The fourth-order valence-corrected chi connectivity index (χ4v) is 9.82. The first kappa shape index (κ1) is 104. The Balaban J connectivity index is 0.000000314. The number of aromatic carboxylic acids is 1. The van der Waals surface area contributed by atoms with Crippen molar-refractivity contribution in [2.75, 3.05) is 94.7 Å². The molecule has 6 aliphatic rings. The Morgan fingerprint density at radius 2 is 0.897 bits per heavy atom. The number of phenols is 3. The lowest BCUT2D eigenvalue weighted by molar-refractivity contribution is -0.192. The molecule has 126 heavy (non-hydrogen) atoms. The zero-order valence-electron chi connectivity index (χ0n) is 66.3. The number of aromatic hydroxyl groups is 3. The minimum absolute atomic E-state index is 0.0221. The highest BCUT2D eigenvalue weighted by atomic mass is 19.4. The van der Waals surface area contributed by atoms with E-state index < -0.39 is 121 Å². The second-order valence-electron chi connectivity index (χ2n) is 26.5. The molecule has 8 atom stereocenters. The molecule has 43 nitrogen and oxygen atoms in total. The van der Waals surface area contributed by atoms with Crippen molar-refractivity contribution in [3.63, 3.8) is 0 Å². The van der Waals surface area contributed by atoms with E-state index in [1.165, 1.54) is 48.5 Å². The van der Waals surface area contributed by atoms with Crippen molar-refractivity contribution in [1.82, 2.24) is 42.5 Å². The smallest absolute Gasteiger partial charge is 0.490 e. The number of benzene rings is 5. The Bertz CT molecular complexity index is 4630. The van der Waals surface area contributed by atoms with Crippen LogP contribution in [0.3, 0.4) is 0 Å². The van der Waals surface area contributed by atoms with E-state index in [1.807, 2.05) is 41.7 Å². The van der Waals surface area contributed by atoms with Gasteiger partial charge in [-0.2, -0.15) is 13.2 Å². The quantitative estimate of drug-likeness (QED) is 0.0176. The molecule has 3 fully saturated rings. The fraction of sp³-hybridized carbons (Fsp3) is 0.373. The largest absolute Gasteiger partial charge is 0.508 e. The van der Waals surface area contributed by atoms with Gasteiger partial charge < -0.3 is 134 Å². The number of nitrogens with one attached hydrogen (secondary N) is 11.